The zero-order valence-corrected chi connectivity index (χ0v) is 83.6. The van der Waals surface area contributed by atoms with Gasteiger partial charge in [0.1, 0.15) is 0 Å². The van der Waals surface area contributed by atoms with Crippen molar-refractivity contribution in [1.82, 2.24) is 27.4 Å². The van der Waals surface area contributed by atoms with Crippen LogP contribution in [0.3, 0.4) is 0 Å². The Labute approximate surface area is 864 Å². The summed E-state index contributed by atoms with van der Waals surface area (Å²) < 4.78 is 14.5. The van der Waals surface area contributed by atoms with Crippen molar-refractivity contribution < 1.29 is 0 Å². The molecular weight excluding hydrogens is 1810 g/mol. The van der Waals surface area contributed by atoms with Gasteiger partial charge in [0.05, 0.1) is 106 Å². The third kappa shape index (κ3) is 13.4. The summed E-state index contributed by atoms with van der Waals surface area (Å²) in [6.07, 6.45) is 0. The predicted octanol–water partition coefficient (Wildman–Crippen LogP) is 37.5. The van der Waals surface area contributed by atoms with Crippen LogP contribution in [0.15, 0.2) is 510 Å². The molecular formula is C141H102N8. The highest BCUT2D eigenvalue weighted by Gasteiger charge is 2.41. The number of nitrogens with zero attached hydrogens (tertiary/aromatic N) is 8. The monoisotopic (exact) mass is 1910 g/mol. The Bertz CT molecular complexity index is 9820. The topological polar surface area (TPSA) is 36.1 Å². The molecule has 0 fully saturated rings. The van der Waals surface area contributed by atoms with Crippen LogP contribution < -0.4 is 9.80 Å². The van der Waals surface area contributed by atoms with Crippen molar-refractivity contribution in [3.63, 3.8) is 0 Å². The van der Waals surface area contributed by atoms with Gasteiger partial charge in [-0.05, 0) is 243 Å². The lowest BCUT2D eigenvalue weighted by molar-refractivity contribution is 0.631. The highest BCUT2D eigenvalue weighted by molar-refractivity contribution is 6.15. The van der Waals surface area contributed by atoms with Crippen LogP contribution in [0.4, 0.5) is 34.1 Å². The molecule has 8 nitrogen and oxygen atoms in total. The molecule has 8 heteroatoms. The second-order valence-corrected chi connectivity index (χ2v) is 41.9. The van der Waals surface area contributed by atoms with E-state index in [0.717, 1.165) is 39.7 Å². The van der Waals surface area contributed by atoms with Crippen molar-refractivity contribution in [2.45, 2.75) is 57.8 Å². The number of aromatic nitrogens is 6. The molecule has 6 aromatic heterocycles. The Balaban J connectivity index is 0.000000105. The van der Waals surface area contributed by atoms with Gasteiger partial charge in [0.2, 0.25) is 0 Å². The van der Waals surface area contributed by atoms with Gasteiger partial charge < -0.3 is 37.2 Å². The minimum absolute atomic E-state index is 0.127. The minimum atomic E-state index is -0.139. The van der Waals surface area contributed by atoms with Crippen molar-refractivity contribution in [1.29, 1.82) is 0 Å². The lowest BCUT2D eigenvalue weighted by Crippen LogP contribution is -2.30. The first-order valence-corrected chi connectivity index (χ1v) is 51.9. The average molecular weight is 1910 g/mol. The molecule has 8 heterocycles. The second kappa shape index (κ2) is 33.7. The first-order chi connectivity index (χ1) is 73.2. The van der Waals surface area contributed by atoms with Gasteiger partial charge in [0, 0.05) is 109 Å². The fourth-order valence-electron chi connectivity index (χ4n) is 25.7. The van der Waals surface area contributed by atoms with Gasteiger partial charge in [0.25, 0.3) is 0 Å². The third-order valence-electron chi connectivity index (χ3n) is 32.7. The number of benzene rings is 22. The number of hydrogen-bond donors (Lipinski definition) is 0. The standard InChI is InChI=1S/C51H37N3.C45H33N3.C45H32N2/c1-51(2)43-19-7-13-25-49(43)54(50-26-14-8-20-44(50)51)38-32-35(31-37(33-38)53-47-23-11-5-17-41(47)42-18-6-12-24-48(42)53)34-27-29-36(30-28-34)52-45-21-9-3-15-39(45)40-16-4-10-22-46(40)52;1-45(2)37-19-7-13-25-43(37)48(44-26-14-8-20-38(44)45)32-28-30(46-39-21-9-3-15-33(39)34-16-4-10-22-40(34)46)27-31(29-32)47-41-23-11-5-17-35(41)36-18-6-12-24-42(36)47;1-45(2)39-27-30(29-19-22-31(23-20-29)46-41-15-7-3-11-35(41)36-12-4-8-16-42(36)46)21-25-33(39)34-26-24-32(28-40(34)45)47-43-17-9-5-13-37(43)38-14-6-10-18-44(38)47/h3-33H,1-2H3;3-29H,1-2H3;3-28H,1-2H3. The fraction of sp³-hybridized carbons (Fsp3) is 0.0638. The van der Waals surface area contributed by atoms with Crippen LogP contribution >= 0.6 is 0 Å². The first-order valence-electron chi connectivity index (χ1n) is 51.9. The van der Waals surface area contributed by atoms with Crippen molar-refractivity contribution in [2.75, 3.05) is 9.80 Å². The highest BCUT2D eigenvalue weighted by atomic mass is 15.2. The molecule has 0 N–H and O–H groups in total. The van der Waals surface area contributed by atoms with Crippen LogP contribution in [-0.4, -0.2) is 27.4 Å². The van der Waals surface area contributed by atoms with E-state index in [9.17, 15) is 0 Å². The third-order valence-corrected chi connectivity index (χ3v) is 32.7. The van der Waals surface area contributed by atoms with Crippen molar-refractivity contribution >= 4 is 165 Å². The zero-order chi connectivity index (χ0) is 99.2. The maximum absolute atomic E-state index is 2.48. The van der Waals surface area contributed by atoms with E-state index in [0.29, 0.717) is 0 Å². The second-order valence-electron chi connectivity index (χ2n) is 41.9. The summed E-state index contributed by atoms with van der Waals surface area (Å²) in [5.74, 6) is 0. The number of rotatable bonds is 10. The van der Waals surface area contributed by atoms with Crippen LogP contribution in [0, 0.1) is 0 Å². The molecule has 706 valence electrons. The molecule has 0 spiro atoms. The molecule has 22 aromatic carbocycles. The summed E-state index contributed by atoms with van der Waals surface area (Å²) in [4.78, 5) is 4.95. The van der Waals surface area contributed by atoms with E-state index in [1.54, 1.807) is 0 Å². The van der Waals surface area contributed by atoms with Crippen molar-refractivity contribution in [3.05, 3.63) is 543 Å². The van der Waals surface area contributed by atoms with Crippen LogP contribution in [0.5, 0.6) is 0 Å². The molecule has 31 rings (SSSR count). The smallest absolute Gasteiger partial charge is 0.0541 e. The lowest BCUT2D eigenvalue weighted by atomic mass is 9.73. The van der Waals surface area contributed by atoms with Gasteiger partial charge in [-0.25, -0.2) is 0 Å². The van der Waals surface area contributed by atoms with Gasteiger partial charge in [-0.3, -0.25) is 0 Å². The molecule has 0 amide bonds. The maximum atomic E-state index is 2.48. The van der Waals surface area contributed by atoms with E-state index in [4.69, 9.17) is 0 Å². The molecule has 2 aliphatic heterocycles. The summed E-state index contributed by atoms with van der Waals surface area (Å²) >= 11 is 0. The predicted molar refractivity (Wildman–Crippen MR) is 627 cm³/mol. The number of fused-ring (bicyclic) bond motifs is 25. The summed E-state index contributed by atoms with van der Waals surface area (Å²) in [6, 6.07) is 187. The van der Waals surface area contributed by atoms with Gasteiger partial charge in [-0.1, -0.05) is 375 Å². The van der Waals surface area contributed by atoms with Crippen LogP contribution in [0.25, 0.3) is 198 Å². The van der Waals surface area contributed by atoms with Gasteiger partial charge >= 0.3 is 0 Å². The molecule has 0 radical (unpaired) electrons. The van der Waals surface area contributed by atoms with Crippen molar-refractivity contribution in [3.8, 4) is 67.5 Å². The zero-order valence-electron chi connectivity index (χ0n) is 83.6. The quantitative estimate of drug-likeness (QED) is 0.137. The summed E-state index contributed by atoms with van der Waals surface area (Å²) in [6.45, 7) is 14.1. The van der Waals surface area contributed by atoms with Crippen LogP contribution in [0.2, 0.25) is 0 Å². The Morgan fingerprint density at radius 1 is 0.128 bits per heavy atom. The average Bonchev–Trinajstić information content (AvgIpc) is 1.70. The molecule has 0 saturated heterocycles. The first kappa shape index (κ1) is 86.9. The number of anilines is 6. The molecule has 0 bridgehead atoms. The lowest BCUT2D eigenvalue weighted by Gasteiger charge is -2.42. The molecule has 28 aromatic rings. The van der Waals surface area contributed by atoms with Gasteiger partial charge in [0.15, 0.2) is 0 Å². The van der Waals surface area contributed by atoms with E-state index in [1.807, 2.05) is 0 Å². The summed E-state index contributed by atoms with van der Waals surface area (Å²) in [5, 5.41) is 15.2. The Morgan fingerprint density at radius 3 is 0.604 bits per heavy atom. The molecule has 149 heavy (non-hydrogen) atoms. The fourth-order valence-corrected chi connectivity index (χ4v) is 25.7. The van der Waals surface area contributed by atoms with E-state index < -0.39 is 0 Å². The van der Waals surface area contributed by atoms with Crippen molar-refractivity contribution in [2.24, 2.45) is 0 Å². The van der Waals surface area contributed by atoms with Crippen LogP contribution in [-0.2, 0) is 16.2 Å². The van der Waals surface area contributed by atoms with Gasteiger partial charge in [-0.2, -0.15) is 0 Å². The van der Waals surface area contributed by atoms with Gasteiger partial charge in [-0.15, -0.1) is 0 Å². The Kier molecular flexibility index (Phi) is 19.6. The molecule has 0 atom stereocenters. The Hall–Kier alpha value is -18.8. The number of hydrogen-bond acceptors (Lipinski definition) is 2. The Morgan fingerprint density at radius 2 is 0.315 bits per heavy atom. The van der Waals surface area contributed by atoms with E-state index in [-0.39, 0.29) is 16.2 Å². The minimum Gasteiger partial charge on any atom is -0.310 e. The van der Waals surface area contributed by atoms with E-state index in [1.165, 1.54) is 226 Å². The maximum Gasteiger partial charge on any atom is 0.0541 e. The number of para-hydroxylation sites is 16. The van der Waals surface area contributed by atoms with Crippen LogP contribution in [0.1, 0.15) is 74.9 Å². The highest BCUT2D eigenvalue weighted by Crippen LogP contribution is 2.57. The molecule has 0 unspecified atom stereocenters. The SMILES string of the molecule is CC1(C)c2cc(-c3ccc(-n4c5ccccc5c5ccccc54)cc3)ccc2-c2ccc(-n3c4ccccc4c4ccccc43)cc21.CC1(C)c2ccccc2N(c2cc(-c3ccc(-n4c5ccccc5c5ccccc54)cc3)cc(-n3c4ccccc4c4ccccc43)c2)c2ccccc21.CC1(C)c2ccccc2N(c2cc(-n3c4ccccc4c4ccccc43)cc(-n3c4ccccc4c4ccccc43)c2)c2ccccc21. The van der Waals surface area contributed by atoms with E-state index >= 15 is 0 Å². The molecule has 0 saturated carbocycles. The summed E-state index contributed by atoms with van der Waals surface area (Å²) in [5.41, 5.74) is 43.8. The summed E-state index contributed by atoms with van der Waals surface area (Å²) in [7, 11) is 0. The normalized spacial score (nSPS) is 13.6. The largest absolute Gasteiger partial charge is 0.310 e. The molecule has 3 aliphatic rings. The molecule has 1 aliphatic carbocycles. The van der Waals surface area contributed by atoms with E-state index in [2.05, 4.69) is 588 Å².